The summed E-state index contributed by atoms with van der Waals surface area (Å²) in [6.45, 7) is 5.33. The van der Waals surface area contributed by atoms with Crippen LogP contribution in [0.1, 0.15) is 52.9 Å². The van der Waals surface area contributed by atoms with Gasteiger partial charge in [0.05, 0.1) is 18.4 Å². The molecule has 0 aromatic rings. The van der Waals surface area contributed by atoms with Crippen molar-refractivity contribution in [3.8, 4) is 0 Å². The van der Waals surface area contributed by atoms with Gasteiger partial charge in [-0.15, -0.1) is 0 Å². The first-order chi connectivity index (χ1) is 17.9. The van der Waals surface area contributed by atoms with Gasteiger partial charge in [0.1, 0.15) is 12.2 Å². The topological polar surface area (TPSA) is 135 Å². The number of ketones is 1. The number of fused-ring (bicyclic) bond motifs is 4. The first-order valence-electron chi connectivity index (χ1n) is 13.5. The summed E-state index contributed by atoms with van der Waals surface area (Å²) in [4.78, 5) is 54.2. The molecule has 8 rings (SSSR count). The Morgan fingerprint density at radius 1 is 1.11 bits per heavy atom. The number of carbonyl (C=O) groups is 4. The fourth-order valence-electron chi connectivity index (χ4n) is 9.76. The zero-order valence-corrected chi connectivity index (χ0v) is 21.5. The van der Waals surface area contributed by atoms with Gasteiger partial charge in [0.15, 0.2) is 22.6 Å². The Bertz CT molecular complexity index is 1320. The quantitative estimate of drug-likeness (QED) is 0.279. The van der Waals surface area contributed by atoms with Crippen LogP contribution in [0.4, 0.5) is 0 Å². The van der Waals surface area contributed by atoms with Crippen LogP contribution in [0.2, 0.25) is 0 Å². The second-order valence-electron chi connectivity index (χ2n) is 12.9. The van der Waals surface area contributed by atoms with E-state index in [-0.39, 0.29) is 31.1 Å². The van der Waals surface area contributed by atoms with Crippen LogP contribution >= 0.6 is 0 Å². The Balaban J connectivity index is 1.40. The predicted molar refractivity (Wildman–Crippen MR) is 124 cm³/mol. The second-order valence-corrected chi connectivity index (χ2v) is 12.9. The van der Waals surface area contributed by atoms with Gasteiger partial charge >= 0.3 is 17.9 Å². The van der Waals surface area contributed by atoms with Crippen LogP contribution in [0.15, 0.2) is 23.3 Å². The lowest BCUT2D eigenvalue weighted by atomic mass is 9.46. The normalized spacial score (nSPS) is 55.7. The third-order valence-corrected chi connectivity index (χ3v) is 11.6. The van der Waals surface area contributed by atoms with Gasteiger partial charge in [-0.3, -0.25) is 9.59 Å². The van der Waals surface area contributed by atoms with Gasteiger partial charge in [0.25, 0.3) is 0 Å². The number of aliphatic hydroxyl groups is 1. The SMILES string of the molecule is CC1=C2CC=CC(=O)O[C@H]2C[C@H]2[C@H]1CCC1(O)C(=O)O[C@@]3(C)[C@@H]4CC5(C)[C@H]6C(=O)C2(OC[C@H]5C(=O)O4)OC613. The van der Waals surface area contributed by atoms with E-state index in [2.05, 4.69) is 0 Å². The molecule has 0 aromatic heterocycles. The molecule has 2 spiro atoms. The van der Waals surface area contributed by atoms with Crippen LogP contribution in [0, 0.1) is 29.1 Å². The molecule has 11 atom stereocenters. The minimum atomic E-state index is -2.14. The van der Waals surface area contributed by atoms with Crippen LogP contribution in [-0.4, -0.2) is 70.2 Å². The molecule has 1 saturated carbocycles. The zero-order valence-electron chi connectivity index (χ0n) is 21.5. The van der Waals surface area contributed by atoms with E-state index in [1.807, 2.05) is 13.8 Å². The van der Waals surface area contributed by atoms with Crippen LogP contribution in [0.25, 0.3) is 0 Å². The number of carbonyl (C=O) groups excluding carboxylic acids is 4. The summed E-state index contributed by atoms with van der Waals surface area (Å²) >= 11 is 0. The smallest absolute Gasteiger partial charge is 0.342 e. The van der Waals surface area contributed by atoms with Crippen molar-refractivity contribution >= 4 is 23.7 Å². The molecule has 6 heterocycles. The fourth-order valence-corrected chi connectivity index (χ4v) is 9.76. The second kappa shape index (κ2) is 6.59. The number of hydrogen-bond acceptors (Lipinski definition) is 10. The summed E-state index contributed by atoms with van der Waals surface area (Å²) in [6, 6.07) is 0. The van der Waals surface area contributed by atoms with Crippen LogP contribution in [0.5, 0.6) is 0 Å². The molecular formula is C28H30O10. The summed E-state index contributed by atoms with van der Waals surface area (Å²) < 4.78 is 30.9. The van der Waals surface area contributed by atoms with E-state index in [1.165, 1.54) is 6.08 Å². The molecule has 0 radical (unpaired) electrons. The molecule has 0 aromatic carbocycles. The molecular weight excluding hydrogens is 496 g/mol. The molecule has 6 fully saturated rings. The lowest BCUT2D eigenvalue weighted by Gasteiger charge is -2.62. The highest BCUT2D eigenvalue weighted by molar-refractivity contribution is 5.99. The Morgan fingerprint density at radius 3 is 2.68 bits per heavy atom. The van der Waals surface area contributed by atoms with Crippen LogP contribution in [0.3, 0.4) is 0 Å². The Kier molecular flexibility index (Phi) is 4.05. The maximum absolute atomic E-state index is 14.9. The number of hydrogen-bond donors (Lipinski definition) is 1. The molecule has 5 bridgehead atoms. The molecule has 202 valence electrons. The lowest BCUT2D eigenvalue weighted by molar-refractivity contribution is -0.372. The molecule has 2 aliphatic carbocycles. The minimum Gasteiger partial charge on any atom is -0.458 e. The van der Waals surface area contributed by atoms with E-state index in [9.17, 15) is 24.3 Å². The molecule has 38 heavy (non-hydrogen) atoms. The highest BCUT2D eigenvalue weighted by Crippen LogP contribution is 2.74. The average molecular weight is 527 g/mol. The van der Waals surface area contributed by atoms with Gasteiger partial charge in [-0.25, -0.2) is 9.59 Å². The summed E-state index contributed by atoms with van der Waals surface area (Å²) in [5, 5.41) is 12.4. The molecule has 6 aliphatic heterocycles. The number of allylic oxidation sites excluding steroid dienone is 2. The van der Waals surface area contributed by atoms with E-state index in [0.717, 1.165) is 11.1 Å². The van der Waals surface area contributed by atoms with Crippen molar-refractivity contribution in [2.24, 2.45) is 29.1 Å². The maximum Gasteiger partial charge on any atom is 0.342 e. The first-order valence-corrected chi connectivity index (χ1v) is 13.5. The van der Waals surface area contributed by atoms with Crippen LogP contribution < -0.4 is 0 Å². The lowest BCUT2D eigenvalue weighted by Crippen LogP contribution is -2.79. The maximum atomic E-state index is 14.9. The summed E-state index contributed by atoms with van der Waals surface area (Å²) in [7, 11) is 0. The van der Waals surface area contributed by atoms with Crippen molar-refractivity contribution in [2.45, 2.75) is 87.7 Å². The van der Waals surface area contributed by atoms with Gasteiger partial charge in [-0.1, -0.05) is 18.6 Å². The van der Waals surface area contributed by atoms with Gasteiger partial charge in [0, 0.05) is 12.0 Å². The first kappa shape index (κ1) is 23.3. The monoisotopic (exact) mass is 526 g/mol. The van der Waals surface area contributed by atoms with Crippen LogP contribution in [-0.2, 0) is 42.9 Å². The standard InChI is InChI=1S/C28H30O10/c1-12-13-7-8-26(33)23(32)37-25(3)18-10-24(2)16(22(31)36-18)11-34-27(21(30)20(24)28(25,26)38-27)15(13)9-17-14(12)5-4-6-19(29)35-17/h4,6,13,15-18,20,33H,5,7-11H2,1-3H3/t13-,15-,16-,17-,18-,20+,24?,25-,26?,27?,28?/m0/s1. The Labute approximate surface area is 218 Å². The van der Waals surface area contributed by atoms with Crippen molar-refractivity contribution in [1.29, 1.82) is 0 Å². The summed E-state index contributed by atoms with van der Waals surface area (Å²) in [5.74, 6) is -6.67. The number of ether oxygens (including phenoxy) is 5. The van der Waals surface area contributed by atoms with Gasteiger partial charge in [-0.2, -0.15) is 0 Å². The molecule has 4 unspecified atom stereocenters. The van der Waals surface area contributed by atoms with Crippen molar-refractivity contribution in [3.63, 3.8) is 0 Å². The fraction of sp³-hybridized carbons (Fsp3) is 0.714. The predicted octanol–water partition coefficient (Wildman–Crippen LogP) is 1.28. The Hall–Kier alpha value is -2.56. The molecule has 5 saturated heterocycles. The molecule has 10 nitrogen and oxygen atoms in total. The third kappa shape index (κ3) is 2.17. The molecule has 1 N–H and O–H groups in total. The average Bonchev–Trinajstić information content (AvgIpc) is 3.05. The van der Waals surface area contributed by atoms with Crippen molar-refractivity contribution in [3.05, 3.63) is 23.3 Å². The summed E-state index contributed by atoms with van der Waals surface area (Å²) in [5.41, 5.74) is -4.60. The van der Waals surface area contributed by atoms with E-state index < -0.39 is 75.9 Å². The molecule has 10 heteroatoms. The Morgan fingerprint density at radius 2 is 1.89 bits per heavy atom. The van der Waals surface area contributed by atoms with Gasteiger partial charge in [-0.05, 0) is 62.9 Å². The molecule has 8 aliphatic rings. The van der Waals surface area contributed by atoms with Gasteiger partial charge < -0.3 is 28.8 Å². The van der Waals surface area contributed by atoms with E-state index in [4.69, 9.17) is 23.7 Å². The van der Waals surface area contributed by atoms with E-state index >= 15 is 0 Å². The van der Waals surface area contributed by atoms with E-state index in [0.29, 0.717) is 19.3 Å². The largest absolute Gasteiger partial charge is 0.458 e. The summed E-state index contributed by atoms with van der Waals surface area (Å²) in [6.07, 6.45) is 3.24. The van der Waals surface area contributed by atoms with Crippen molar-refractivity contribution < 1.29 is 48.0 Å². The number of rotatable bonds is 0. The highest BCUT2D eigenvalue weighted by Gasteiger charge is 2.93. The van der Waals surface area contributed by atoms with Crippen molar-refractivity contribution in [1.82, 2.24) is 0 Å². The van der Waals surface area contributed by atoms with Crippen molar-refractivity contribution in [2.75, 3.05) is 6.61 Å². The molecule has 0 amide bonds. The highest BCUT2D eigenvalue weighted by atomic mass is 16.8. The zero-order chi connectivity index (χ0) is 26.6. The third-order valence-electron chi connectivity index (χ3n) is 11.6. The van der Waals surface area contributed by atoms with Gasteiger partial charge in [0.2, 0.25) is 5.79 Å². The minimum absolute atomic E-state index is 0.00871. The van der Waals surface area contributed by atoms with E-state index in [1.54, 1.807) is 13.0 Å². The number of esters is 3. The number of Topliss-reactive ketones (excluding diaryl/α,β-unsaturated/α-hetero) is 1.